The van der Waals surface area contributed by atoms with Crippen molar-refractivity contribution in [3.05, 3.63) is 59.4 Å². The topological polar surface area (TPSA) is 66.5 Å². The molecular weight excluding hydrogens is 328 g/mol. The number of aryl methyl sites for hydroxylation is 1. The van der Waals surface area contributed by atoms with Crippen molar-refractivity contribution in [2.45, 2.75) is 13.5 Å². The normalized spacial score (nSPS) is 14.8. The van der Waals surface area contributed by atoms with Gasteiger partial charge in [0.25, 0.3) is 5.91 Å². The minimum absolute atomic E-state index is 0.136. The van der Waals surface area contributed by atoms with E-state index in [1.165, 1.54) is 11.1 Å². The summed E-state index contributed by atoms with van der Waals surface area (Å²) in [5, 5.41) is 6.24. The van der Waals surface area contributed by atoms with Crippen LogP contribution in [0.1, 0.15) is 21.6 Å². The molecule has 1 fully saturated rings. The lowest BCUT2D eigenvalue weighted by molar-refractivity contribution is 0.0383. The third-order valence-corrected chi connectivity index (χ3v) is 4.43. The highest BCUT2D eigenvalue weighted by molar-refractivity contribution is 5.92. The van der Waals surface area contributed by atoms with Crippen molar-refractivity contribution in [1.82, 2.24) is 15.2 Å². The van der Waals surface area contributed by atoms with Gasteiger partial charge in [-0.05, 0) is 24.6 Å². The van der Waals surface area contributed by atoms with Crippen LogP contribution in [0.3, 0.4) is 0 Å². The molecule has 0 saturated carbocycles. The first-order chi connectivity index (χ1) is 12.7. The molecule has 1 amide bonds. The summed E-state index contributed by atoms with van der Waals surface area (Å²) in [7, 11) is 0. The van der Waals surface area contributed by atoms with Gasteiger partial charge in [-0.25, -0.2) is 4.98 Å². The summed E-state index contributed by atoms with van der Waals surface area (Å²) < 4.78 is 5.32. The Kier molecular flexibility index (Phi) is 6.57. The van der Waals surface area contributed by atoms with Gasteiger partial charge < -0.3 is 15.4 Å². The Balaban J connectivity index is 1.42. The number of nitrogens with one attached hydrogen (secondary N) is 2. The van der Waals surface area contributed by atoms with Crippen LogP contribution in [-0.4, -0.2) is 55.2 Å². The summed E-state index contributed by atoms with van der Waals surface area (Å²) in [5.74, 6) is -0.136. The predicted molar refractivity (Wildman–Crippen MR) is 102 cm³/mol. The minimum Gasteiger partial charge on any atom is -0.380 e. The zero-order valence-electron chi connectivity index (χ0n) is 15.2. The Morgan fingerprint density at radius 3 is 2.62 bits per heavy atom. The van der Waals surface area contributed by atoms with Crippen molar-refractivity contribution in [2.24, 2.45) is 0 Å². The summed E-state index contributed by atoms with van der Waals surface area (Å²) in [5.41, 5.74) is 3.79. The second kappa shape index (κ2) is 9.31. The van der Waals surface area contributed by atoms with Gasteiger partial charge in [-0.15, -0.1) is 0 Å². The molecule has 1 aromatic heterocycles. The standard InChI is InChI=1S/C20H26N4O2/c1-16-2-4-17(5-3-16)14-22-18-6-7-19(23-15-18)20(25)21-8-9-24-10-12-26-13-11-24/h2-7,15,22H,8-14H2,1H3,(H,21,25). The van der Waals surface area contributed by atoms with Gasteiger partial charge in [-0.2, -0.15) is 0 Å². The number of aromatic nitrogens is 1. The average Bonchev–Trinajstić information content (AvgIpc) is 2.69. The molecule has 1 aromatic carbocycles. The quantitative estimate of drug-likeness (QED) is 0.797. The largest absolute Gasteiger partial charge is 0.380 e. The van der Waals surface area contributed by atoms with Gasteiger partial charge in [0.1, 0.15) is 5.69 Å². The maximum atomic E-state index is 12.2. The van der Waals surface area contributed by atoms with Crippen molar-refractivity contribution in [1.29, 1.82) is 0 Å². The van der Waals surface area contributed by atoms with E-state index < -0.39 is 0 Å². The summed E-state index contributed by atoms with van der Waals surface area (Å²) in [6.07, 6.45) is 1.70. The number of anilines is 1. The second-order valence-corrected chi connectivity index (χ2v) is 6.48. The molecule has 1 aliphatic heterocycles. The number of benzene rings is 1. The van der Waals surface area contributed by atoms with E-state index in [-0.39, 0.29) is 5.91 Å². The Hall–Kier alpha value is -2.44. The van der Waals surface area contributed by atoms with E-state index >= 15 is 0 Å². The smallest absolute Gasteiger partial charge is 0.269 e. The molecule has 6 heteroatoms. The fourth-order valence-corrected chi connectivity index (χ4v) is 2.79. The van der Waals surface area contributed by atoms with Crippen LogP contribution in [0, 0.1) is 6.92 Å². The lowest BCUT2D eigenvalue weighted by atomic mass is 10.1. The fourth-order valence-electron chi connectivity index (χ4n) is 2.79. The van der Waals surface area contributed by atoms with Gasteiger partial charge >= 0.3 is 0 Å². The monoisotopic (exact) mass is 354 g/mol. The van der Waals surface area contributed by atoms with Crippen LogP contribution in [-0.2, 0) is 11.3 Å². The van der Waals surface area contributed by atoms with Crippen LogP contribution in [0.2, 0.25) is 0 Å². The molecule has 3 rings (SSSR count). The van der Waals surface area contributed by atoms with Crippen molar-refractivity contribution in [3.63, 3.8) is 0 Å². The van der Waals surface area contributed by atoms with Gasteiger partial charge in [-0.1, -0.05) is 29.8 Å². The number of rotatable bonds is 7. The molecular formula is C20H26N4O2. The number of amides is 1. The van der Waals surface area contributed by atoms with E-state index in [4.69, 9.17) is 4.74 Å². The van der Waals surface area contributed by atoms with E-state index in [1.54, 1.807) is 12.3 Å². The first kappa shape index (κ1) is 18.4. The van der Waals surface area contributed by atoms with Gasteiger partial charge in [-0.3, -0.25) is 9.69 Å². The van der Waals surface area contributed by atoms with E-state index in [9.17, 15) is 4.79 Å². The molecule has 2 aromatic rings. The molecule has 1 aliphatic rings. The number of carbonyl (C=O) groups is 1. The fraction of sp³-hybridized carbons (Fsp3) is 0.400. The van der Waals surface area contributed by atoms with Crippen LogP contribution in [0.15, 0.2) is 42.6 Å². The molecule has 0 atom stereocenters. The summed E-state index contributed by atoms with van der Waals surface area (Å²) >= 11 is 0. The maximum Gasteiger partial charge on any atom is 0.269 e. The van der Waals surface area contributed by atoms with E-state index in [0.717, 1.165) is 45.1 Å². The van der Waals surface area contributed by atoms with Crippen LogP contribution in [0.4, 0.5) is 5.69 Å². The molecule has 138 valence electrons. The molecule has 2 heterocycles. The number of hydrogen-bond acceptors (Lipinski definition) is 5. The van der Waals surface area contributed by atoms with Gasteiger partial charge in [0.05, 0.1) is 25.1 Å². The Morgan fingerprint density at radius 2 is 1.92 bits per heavy atom. The molecule has 1 saturated heterocycles. The molecule has 26 heavy (non-hydrogen) atoms. The number of hydrogen-bond donors (Lipinski definition) is 2. The predicted octanol–water partition coefficient (Wildman–Crippen LogP) is 2.06. The number of carbonyl (C=O) groups excluding carboxylic acids is 1. The highest BCUT2D eigenvalue weighted by atomic mass is 16.5. The van der Waals surface area contributed by atoms with Crippen LogP contribution < -0.4 is 10.6 Å². The molecule has 0 radical (unpaired) electrons. The van der Waals surface area contributed by atoms with Crippen molar-refractivity contribution in [3.8, 4) is 0 Å². The molecule has 2 N–H and O–H groups in total. The molecule has 0 unspecified atom stereocenters. The van der Waals surface area contributed by atoms with Crippen molar-refractivity contribution < 1.29 is 9.53 Å². The lowest BCUT2D eigenvalue weighted by Gasteiger charge is -2.26. The lowest BCUT2D eigenvalue weighted by Crippen LogP contribution is -2.41. The Labute approximate surface area is 154 Å². The molecule has 0 spiro atoms. The zero-order chi connectivity index (χ0) is 18.2. The van der Waals surface area contributed by atoms with E-state index in [1.807, 2.05) is 6.07 Å². The highest BCUT2D eigenvalue weighted by Gasteiger charge is 2.11. The first-order valence-corrected chi connectivity index (χ1v) is 9.04. The third kappa shape index (κ3) is 5.54. The summed E-state index contributed by atoms with van der Waals surface area (Å²) in [4.78, 5) is 18.7. The molecule has 6 nitrogen and oxygen atoms in total. The van der Waals surface area contributed by atoms with Crippen LogP contribution >= 0.6 is 0 Å². The van der Waals surface area contributed by atoms with Gasteiger partial charge in [0, 0.05) is 32.7 Å². The summed E-state index contributed by atoms with van der Waals surface area (Å²) in [6, 6.07) is 12.0. The maximum absolute atomic E-state index is 12.2. The molecule has 0 bridgehead atoms. The van der Waals surface area contributed by atoms with Crippen LogP contribution in [0.25, 0.3) is 0 Å². The zero-order valence-corrected chi connectivity index (χ0v) is 15.2. The number of ether oxygens (including phenoxy) is 1. The molecule has 0 aliphatic carbocycles. The third-order valence-electron chi connectivity index (χ3n) is 4.43. The van der Waals surface area contributed by atoms with Crippen molar-refractivity contribution in [2.75, 3.05) is 44.7 Å². The van der Waals surface area contributed by atoms with Gasteiger partial charge in [0.2, 0.25) is 0 Å². The van der Waals surface area contributed by atoms with Crippen LogP contribution in [0.5, 0.6) is 0 Å². The Bertz CT molecular complexity index is 695. The number of morpholine rings is 1. The number of pyridine rings is 1. The van der Waals surface area contributed by atoms with E-state index in [2.05, 4.69) is 51.7 Å². The van der Waals surface area contributed by atoms with E-state index in [0.29, 0.717) is 12.2 Å². The van der Waals surface area contributed by atoms with Crippen molar-refractivity contribution >= 4 is 11.6 Å². The highest BCUT2D eigenvalue weighted by Crippen LogP contribution is 2.10. The van der Waals surface area contributed by atoms with Gasteiger partial charge in [0.15, 0.2) is 0 Å². The SMILES string of the molecule is Cc1ccc(CNc2ccc(C(=O)NCCN3CCOCC3)nc2)cc1. The Morgan fingerprint density at radius 1 is 1.15 bits per heavy atom. The second-order valence-electron chi connectivity index (χ2n) is 6.48. The number of nitrogens with zero attached hydrogens (tertiary/aromatic N) is 2. The first-order valence-electron chi connectivity index (χ1n) is 9.04. The summed E-state index contributed by atoms with van der Waals surface area (Å²) in [6.45, 7) is 7.65. The average molecular weight is 354 g/mol. The minimum atomic E-state index is -0.136.